The van der Waals surface area contributed by atoms with Gasteiger partial charge in [-0.2, -0.15) is 13.2 Å². The molecule has 0 aromatic rings. The smallest absolute Gasteiger partial charge is 0.332 e. The third-order valence-corrected chi connectivity index (χ3v) is 4.04. The molecule has 0 aliphatic carbocycles. The Morgan fingerprint density at radius 1 is 1.44 bits per heavy atom. The van der Waals surface area contributed by atoms with Crippen molar-refractivity contribution in [1.82, 2.24) is 4.90 Å². The van der Waals surface area contributed by atoms with E-state index >= 15 is 0 Å². The molecule has 1 atom stereocenters. The number of thioether (sulfide) groups is 1. The van der Waals surface area contributed by atoms with Crippen LogP contribution in [0, 0.1) is 0 Å². The molecule has 0 bridgehead atoms. The van der Waals surface area contributed by atoms with Crippen LogP contribution in [0.4, 0.5) is 13.2 Å². The molecule has 2 nitrogen and oxygen atoms in total. The van der Waals surface area contributed by atoms with Gasteiger partial charge >= 0.3 is 6.18 Å². The van der Waals surface area contributed by atoms with Gasteiger partial charge in [0.25, 0.3) is 0 Å². The first-order valence-corrected chi connectivity index (χ1v) is 7.14. The number of carbonyl (C=O) groups excluding carboxylic acids is 1. The van der Waals surface area contributed by atoms with Crippen molar-refractivity contribution >= 4 is 33.6 Å². The fraction of sp³-hybridized carbons (Fsp3) is 0.889. The Morgan fingerprint density at radius 2 is 2.12 bits per heavy atom. The maximum Gasteiger partial charge on any atom is 0.390 e. The van der Waals surface area contributed by atoms with Crippen molar-refractivity contribution in [1.29, 1.82) is 0 Å². The number of rotatable bonds is 5. The van der Waals surface area contributed by atoms with Gasteiger partial charge in [-0.05, 0) is 12.8 Å². The third kappa shape index (κ3) is 4.53. The Labute approximate surface area is 105 Å². The van der Waals surface area contributed by atoms with Crippen LogP contribution in [-0.2, 0) is 4.79 Å². The van der Waals surface area contributed by atoms with Crippen molar-refractivity contribution in [3.05, 3.63) is 0 Å². The molecule has 1 aliphatic heterocycles. The lowest BCUT2D eigenvalue weighted by molar-refractivity contribution is -0.146. The van der Waals surface area contributed by atoms with Gasteiger partial charge in [-0.1, -0.05) is 15.9 Å². The van der Waals surface area contributed by atoms with E-state index in [1.54, 1.807) is 0 Å². The molecular formula is C9H13BrF3NOS. The molecule has 16 heavy (non-hydrogen) atoms. The number of hydrogen-bond acceptors (Lipinski definition) is 2. The molecule has 0 spiro atoms. The van der Waals surface area contributed by atoms with Gasteiger partial charge in [0, 0.05) is 11.9 Å². The predicted octanol–water partition coefficient (Wildman–Crippen LogP) is 3.02. The summed E-state index contributed by atoms with van der Waals surface area (Å²) in [5.41, 5.74) is 0. The van der Waals surface area contributed by atoms with Crippen LogP contribution >= 0.6 is 27.7 Å². The first-order valence-electron chi connectivity index (χ1n) is 4.97. The van der Waals surface area contributed by atoms with E-state index in [9.17, 15) is 18.0 Å². The van der Waals surface area contributed by atoms with Gasteiger partial charge in [0.05, 0.1) is 17.5 Å². The minimum atomic E-state index is -4.25. The van der Waals surface area contributed by atoms with Gasteiger partial charge in [0.15, 0.2) is 0 Å². The van der Waals surface area contributed by atoms with E-state index in [1.807, 2.05) is 0 Å². The molecule has 1 heterocycles. The number of alkyl halides is 4. The minimum Gasteiger partial charge on any atom is -0.332 e. The summed E-state index contributed by atoms with van der Waals surface area (Å²) < 4.78 is 36.4. The molecule has 1 rings (SSSR count). The fourth-order valence-corrected chi connectivity index (χ4v) is 3.06. The molecule has 1 unspecified atom stereocenters. The Hall–Kier alpha value is 0.0900. The van der Waals surface area contributed by atoms with Crippen LogP contribution in [0.3, 0.4) is 0 Å². The van der Waals surface area contributed by atoms with E-state index in [2.05, 4.69) is 15.9 Å². The summed E-state index contributed by atoms with van der Waals surface area (Å²) in [6.45, 7) is 0.561. The number of unbranched alkanes of at least 4 members (excludes halogenated alkanes) is 1. The summed E-state index contributed by atoms with van der Waals surface area (Å²) in [7, 11) is 0. The van der Waals surface area contributed by atoms with Gasteiger partial charge in [0.1, 0.15) is 0 Å². The molecule has 1 fully saturated rings. The second kappa shape index (κ2) is 6.14. The highest BCUT2D eigenvalue weighted by Crippen LogP contribution is 2.33. The Morgan fingerprint density at radius 3 is 2.69 bits per heavy atom. The highest BCUT2D eigenvalue weighted by molar-refractivity contribution is 9.09. The monoisotopic (exact) mass is 319 g/mol. The molecule has 94 valence electrons. The van der Waals surface area contributed by atoms with Crippen molar-refractivity contribution in [2.45, 2.75) is 30.7 Å². The summed E-state index contributed by atoms with van der Waals surface area (Å²) >= 11 is 4.36. The van der Waals surface area contributed by atoms with Crippen LogP contribution < -0.4 is 0 Å². The Bertz CT molecular complexity index is 249. The zero-order valence-electron chi connectivity index (χ0n) is 8.60. The molecule has 0 N–H and O–H groups in total. The normalized spacial score (nSPS) is 21.9. The van der Waals surface area contributed by atoms with Crippen LogP contribution in [0.2, 0.25) is 0 Å². The molecule has 0 aromatic heterocycles. The zero-order valence-corrected chi connectivity index (χ0v) is 11.0. The highest BCUT2D eigenvalue weighted by atomic mass is 79.9. The topological polar surface area (TPSA) is 20.3 Å². The van der Waals surface area contributed by atoms with Crippen molar-refractivity contribution in [3.8, 4) is 0 Å². The standard InChI is InChI=1S/C9H13BrF3NOS/c10-3-1-2-4-14-6-16-7(8(14)15)5-9(11,12)13/h7H,1-6H2. The van der Waals surface area contributed by atoms with E-state index in [-0.39, 0.29) is 5.91 Å². The van der Waals surface area contributed by atoms with Crippen LogP contribution in [-0.4, -0.2) is 40.0 Å². The number of halogens is 4. The summed E-state index contributed by atoms with van der Waals surface area (Å²) in [6.07, 6.45) is -3.50. The minimum absolute atomic E-state index is 0.364. The third-order valence-electron chi connectivity index (χ3n) is 2.25. The van der Waals surface area contributed by atoms with E-state index in [4.69, 9.17) is 0 Å². The summed E-state index contributed by atoms with van der Waals surface area (Å²) in [5.74, 6) is 0.0268. The second-order valence-corrected chi connectivity index (χ2v) is 5.56. The molecule has 0 radical (unpaired) electrons. The second-order valence-electron chi connectivity index (χ2n) is 3.60. The summed E-state index contributed by atoms with van der Waals surface area (Å²) in [5, 5.41) is -0.0716. The largest absolute Gasteiger partial charge is 0.390 e. The molecule has 7 heteroatoms. The van der Waals surface area contributed by atoms with Crippen LogP contribution in [0.15, 0.2) is 0 Å². The molecule has 1 saturated heterocycles. The van der Waals surface area contributed by atoms with Crippen molar-refractivity contribution in [3.63, 3.8) is 0 Å². The van der Waals surface area contributed by atoms with Crippen LogP contribution in [0.25, 0.3) is 0 Å². The van der Waals surface area contributed by atoms with Crippen molar-refractivity contribution in [2.75, 3.05) is 17.8 Å². The molecule has 0 aromatic carbocycles. The van der Waals surface area contributed by atoms with E-state index < -0.39 is 17.8 Å². The number of carbonyl (C=O) groups is 1. The molecule has 1 amide bonds. The predicted molar refractivity (Wildman–Crippen MR) is 61.7 cm³/mol. The Kier molecular flexibility index (Phi) is 5.43. The lowest BCUT2D eigenvalue weighted by Gasteiger charge is -2.15. The lowest BCUT2D eigenvalue weighted by Crippen LogP contribution is -2.32. The number of nitrogens with zero attached hydrogens (tertiary/aromatic N) is 1. The first-order chi connectivity index (χ1) is 7.44. The van der Waals surface area contributed by atoms with E-state index in [1.165, 1.54) is 4.90 Å². The quantitative estimate of drug-likeness (QED) is 0.573. The van der Waals surface area contributed by atoms with Gasteiger partial charge in [0.2, 0.25) is 5.91 Å². The average molecular weight is 320 g/mol. The zero-order chi connectivity index (χ0) is 12.2. The van der Waals surface area contributed by atoms with Crippen LogP contribution in [0.5, 0.6) is 0 Å². The molecular weight excluding hydrogens is 307 g/mol. The fourth-order valence-electron chi connectivity index (χ4n) is 1.45. The van der Waals surface area contributed by atoms with E-state index in [0.717, 1.165) is 29.9 Å². The van der Waals surface area contributed by atoms with Gasteiger partial charge in [-0.15, -0.1) is 11.8 Å². The number of amides is 1. The SMILES string of the molecule is O=C1C(CC(F)(F)F)SCN1CCCCBr. The average Bonchev–Trinajstić information content (AvgIpc) is 2.48. The molecule has 1 aliphatic rings. The summed E-state index contributed by atoms with van der Waals surface area (Å²) in [4.78, 5) is 13.1. The van der Waals surface area contributed by atoms with Gasteiger partial charge in [-0.25, -0.2) is 0 Å². The Balaban J connectivity index is 2.36. The van der Waals surface area contributed by atoms with E-state index in [0.29, 0.717) is 12.4 Å². The number of hydrogen-bond donors (Lipinski definition) is 0. The first kappa shape index (κ1) is 14.2. The summed E-state index contributed by atoms with van der Waals surface area (Å²) in [6, 6.07) is 0. The van der Waals surface area contributed by atoms with Gasteiger partial charge in [-0.3, -0.25) is 4.79 Å². The maximum absolute atomic E-state index is 12.1. The van der Waals surface area contributed by atoms with Crippen molar-refractivity contribution in [2.24, 2.45) is 0 Å². The molecule has 0 saturated carbocycles. The lowest BCUT2D eigenvalue weighted by atomic mass is 10.2. The maximum atomic E-state index is 12.1. The highest BCUT2D eigenvalue weighted by Gasteiger charge is 2.40. The van der Waals surface area contributed by atoms with Crippen molar-refractivity contribution < 1.29 is 18.0 Å². The van der Waals surface area contributed by atoms with Gasteiger partial charge < -0.3 is 4.90 Å². The van der Waals surface area contributed by atoms with Crippen LogP contribution in [0.1, 0.15) is 19.3 Å².